The standard InChI is InChI=1S/C29H28N2O5S/c32-19-8-11-22-25(15-19)36-26-16-20(33)9-12-23(26)27(22)21-10-7-18(14-24(21)28(34)35)31-29(37)30-13-3-6-17-4-1-2-5-17/h7-12,14-17,32H,1-6,13H2,(H,34,35)(H2,30,31,37). The zero-order valence-electron chi connectivity index (χ0n) is 20.3. The Morgan fingerprint density at radius 3 is 2.59 bits per heavy atom. The first-order chi connectivity index (χ1) is 17.9. The van der Waals surface area contributed by atoms with Gasteiger partial charge in [-0.25, -0.2) is 4.79 Å². The average molecular weight is 517 g/mol. The molecule has 7 nitrogen and oxygen atoms in total. The highest BCUT2D eigenvalue weighted by Crippen LogP contribution is 2.42. The van der Waals surface area contributed by atoms with Crippen molar-refractivity contribution in [3.05, 3.63) is 70.4 Å². The topological polar surface area (TPSA) is 112 Å². The third kappa shape index (κ3) is 5.44. The van der Waals surface area contributed by atoms with Crippen molar-refractivity contribution in [3.63, 3.8) is 0 Å². The van der Waals surface area contributed by atoms with E-state index in [0.29, 0.717) is 44.2 Å². The van der Waals surface area contributed by atoms with E-state index >= 15 is 0 Å². The molecule has 37 heavy (non-hydrogen) atoms. The Morgan fingerprint density at radius 1 is 1.03 bits per heavy atom. The highest BCUT2D eigenvalue weighted by Gasteiger charge is 2.22. The molecule has 1 fully saturated rings. The van der Waals surface area contributed by atoms with Gasteiger partial charge < -0.3 is 25.3 Å². The molecule has 1 aliphatic heterocycles. The van der Waals surface area contributed by atoms with Gasteiger partial charge in [0, 0.05) is 40.9 Å². The molecule has 0 spiro atoms. The van der Waals surface area contributed by atoms with Crippen molar-refractivity contribution < 1.29 is 19.4 Å². The van der Waals surface area contributed by atoms with Gasteiger partial charge in [0.2, 0.25) is 0 Å². The number of hydrogen-bond acceptors (Lipinski definition) is 5. The molecule has 0 amide bonds. The van der Waals surface area contributed by atoms with Gasteiger partial charge in [0.05, 0.1) is 5.56 Å². The van der Waals surface area contributed by atoms with Gasteiger partial charge in [-0.3, -0.25) is 4.79 Å². The number of phenols is 1. The number of carboxylic acids is 1. The highest BCUT2D eigenvalue weighted by molar-refractivity contribution is 7.80. The molecule has 0 radical (unpaired) electrons. The smallest absolute Gasteiger partial charge is 0.336 e. The number of anilines is 1. The lowest BCUT2D eigenvalue weighted by Gasteiger charge is -2.18. The molecule has 5 rings (SSSR count). The second kappa shape index (κ2) is 10.6. The Labute approximate surface area is 219 Å². The number of carbonyl (C=O) groups is 1. The number of fused-ring (bicyclic) bond motifs is 2. The van der Waals surface area contributed by atoms with E-state index in [9.17, 15) is 19.8 Å². The van der Waals surface area contributed by atoms with Gasteiger partial charge in [-0.15, -0.1) is 0 Å². The molecule has 0 saturated heterocycles. The van der Waals surface area contributed by atoms with E-state index in [4.69, 9.17) is 16.6 Å². The Morgan fingerprint density at radius 2 is 1.81 bits per heavy atom. The molecule has 0 aromatic heterocycles. The lowest BCUT2D eigenvalue weighted by molar-refractivity contribution is 0.0697. The predicted octanol–water partition coefficient (Wildman–Crippen LogP) is 6.23. The molecule has 4 N–H and O–H groups in total. The van der Waals surface area contributed by atoms with E-state index < -0.39 is 5.97 Å². The predicted molar refractivity (Wildman–Crippen MR) is 149 cm³/mol. The minimum Gasteiger partial charge on any atom is -0.508 e. The van der Waals surface area contributed by atoms with E-state index in [-0.39, 0.29) is 16.7 Å². The summed E-state index contributed by atoms with van der Waals surface area (Å²) in [5.74, 6) is 0.0377. The van der Waals surface area contributed by atoms with Gasteiger partial charge in [-0.2, -0.15) is 0 Å². The maximum absolute atomic E-state index is 12.4. The monoisotopic (exact) mass is 516 g/mol. The average Bonchev–Trinajstić information content (AvgIpc) is 3.39. The van der Waals surface area contributed by atoms with Crippen molar-refractivity contribution in [2.45, 2.75) is 38.5 Å². The fourth-order valence-electron chi connectivity index (χ4n) is 5.23. The first-order valence-corrected chi connectivity index (χ1v) is 12.9. The molecule has 8 heteroatoms. The van der Waals surface area contributed by atoms with Gasteiger partial charge in [0.15, 0.2) is 10.5 Å². The van der Waals surface area contributed by atoms with Crippen molar-refractivity contribution in [1.82, 2.24) is 5.32 Å². The molecule has 1 saturated carbocycles. The number of carboxylic acid groups (broad SMARTS) is 1. The number of nitrogens with one attached hydrogen (secondary N) is 2. The van der Waals surface area contributed by atoms with E-state index in [1.54, 1.807) is 30.3 Å². The first kappa shape index (κ1) is 24.8. The summed E-state index contributed by atoms with van der Waals surface area (Å²) in [5, 5.41) is 27.5. The highest BCUT2D eigenvalue weighted by atomic mass is 32.1. The van der Waals surface area contributed by atoms with Crippen LogP contribution in [0.5, 0.6) is 5.75 Å². The number of phenolic OH excluding ortho intramolecular Hbond substituents is 1. The van der Waals surface area contributed by atoms with Crippen LogP contribution in [0.3, 0.4) is 0 Å². The molecule has 2 aromatic rings. The number of rotatable bonds is 7. The van der Waals surface area contributed by atoms with Crippen molar-refractivity contribution in [2.75, 3.05) is 11.9 Å². The van der Waals surface area contributed by atoms with Gasteiger partial charge in [0.1, 0.15) is 17.1 Å². The number of thiocarbonyl (C=S) groups is 1. The molecule has 2 aromatic carbocycles. The first-order valence-electron chi connectivity index (χ1n) is 12.5. The second-order valence-electron chi connectivity index (χ2n) is 9.55. The summed E-state index contributed by atoms with van der Waals surface area (Å²) in [5.41, 5.74) is 2.40. The molecule has 0 unspecified atom stereocenters. The second-order valence-corrected chi connectivity index (χ2v) is 9.96. The number of aromatic hydroxyl groups is 1. The summed E-state index contributed by atoms with van der Waals surface area (Å²) >= 11 is 5.43. The molecular formula is C29H28N2O5S. The third-order valence-corrected chi connectivity index (χ3v) is 7.25. The Balaban J connectivity index is 1.44. The fourth-order valence-corrected chi connectivity index (χ4v) is 5.45. The summed E-state index contributed by atoms with van der Waals surface area (Å²) in [4.78, 5) is 24.3. The van der Waals surface area contributed by atoms with Crippen molar-refractivity contribution in [2.24, 2.45) is 5.92 Å². The van der Waals surface area contributed by atoms with E-state index in [1.807, 2.05) is 0 Å². The quantitative estimate of drug-likeness (QED) is 0.130. The minimum absolute atomic E-state index is 0.00193. The lowest BCUT2D eigenvalue weighted by atomic mass is 9.90. The Kier molecular flexibility index (Phi) is 7.10. The SMILES string of the molecule is O=C(O)c1cc(NC(=S)NCCCC2CCCC2)ccc1-c1c2ccc(=O)cc-2oc2cc(O)ccc12. The Bertz CT molecular complexity index is 1510. The van der Waals surface area contributed by atoms with E-state index in [2.05, 4.69) is 10.6 Å². The van der Waals surface area contributed by atoms with Crippen LogP contribution in [0.15, 0.2) is 63.8 Å². The van der Waals surface area contributed by atoms with Crippen molar-refractivity contribution in [1.29, 1.82) is 0 Å². The lowest BCUT2D eigenvalue weighted by Crippen LogP contribution is -2.29. The van der Waals surface area contributed by atoms with E-state index in [1.165, 1.54) is 56.4 Å². The van der Waals surface area contributed by atoms with Gasteiger partial charge >= 0.3 is 5.97 Å². The zero-order valence-corrected chi connectivity index (χ0v) is 21.1. The van der Waals surface area contributed by atoms with Crippen LogP contribution >= 0.6 is 12.2 Å². The number of aromatic carboxylic acids is 1. The van der Waals surface area contributed by atoms with Crippen LogP contribution in [-0.2, 0) is 0 Å². The number of hydrogen-bond donors (Lipinski definition) is 4. The fraction of sp³-hybridized carbons (Fsp3) is 0.276. The number of benzene rings is 3. The van der Waals surface area contributed by atoms with Gasteiger partial charge in [-0.05, 0) is 72.9 Å². The van der Waals surface area contributed by atoms with Crippen molar-refractivity contribution >= 4 is 40.0 Å². The maximum atomic E-state index is 12.4. The normalized spacial score (nSPS) is 13.7. The van der Waals surface area contributed by atoms with Crippen LogP contribution in [0.25, 0.3) is 33.4 Å². The third-order valence-electron chi connectivity index (χ3n) is 7.00. The van der Waals surface area contributed by atoms with Crippen LogP contribution < -0.4 is 16.1 Å². The zero-order chi connectivity index (χ0) is 25.9. The van der Waals surface area contributed by atoms with Gasteiger partial charge in [-0.1, -0.05) is 31.7 Å². The molecule has 0 atom stereocenters. The molecular weight excluding hydrogens is 488 g/mol. The van der Waals surface area contributed by atoms with Crippen LogP contribution in [0.1, 0.15) is 48.9 Å². The summed E-state index contributed by atoms with van der Waals surface area (Å²) in [6.45, 7) is 0.770. The van der Waals surface area contributed by atoms with Crippen molar-refractivity contribution in [3.8, 4) is 28.2 Å². The summed E-state index contributed by atoms with van der Waals surface area (Å²) < 4.78 is 5.88. The van der Waals surface area contributed by atoms with Crippen LogP contribution in [-0.4, -0.2) is 27.8 Å². The summed E-state index contributed by atoms with van der Waals surface area (Å²) in [6, 6.07) is 14.1. The molecule has 0 bridgehead atoms. The molecule has 2 aliphatic carbocycles. The largest absolute Gasteiger partial charge is 0.508 e. The summed E-state index contributed by atoms with van der Waals surface area (Å²) in [6.07, 6.45) is 7.57. The minimum atomic E-state index is -1.10. The van der Waals surface area contributed by atoms with Gasteiger partial charge in [0.25, 0.3) is 0 Å². The maximum Gasteiger partial charge on any atom is 0.336 e. The van der Waals surface area contributed by atoms with Crippen LogP contribution in [0, 0.1) is 5.92 Å². The Hall–Kier alpha value is -3.91. The molecule has 3 aliphatic rings. The van der Waals surface area contributed by atoms with Crippen LogP contribution in [0.2, 0.25) is 0 Å². The van der Waals surface area contributed by atoms with Crippen LogP contribution in [0.4, 0.5) is 5.69 Å². The van der Waals surface area contributed by atoms with E-state index in [0.717, 1.165) is 18.9 Å². The summed E-state index contributed by atoms with van der Waals surface area (Å²) in [7, 11) is 0. The molecule has 1 heterocycles. The molecule has 190 valence electrons.